The molecule has 0 saturated heterocycles. The van der Waals surface area contributed by atoms with Gasteiger partial charge in [0.2, 0.25) is 5.91 Å². The van der Waals surface area contributed by atoms with Crippen molar-refractivity contribution < 1.29 is 14.3 Å². The summed E-state index contributed by atoms with van der Waals surface area (Å²) in [6.07, 6.45) is 2.60. The molecule has 0 bridgehead atoms. The van der Waals surface area contributed by atoms with E-state index in [1.807, 2.05) is 6.07 Å². The van der Waals surface area contributed by atoms with E-state index in [0.29, 0.717) is 19.4 Å². The molecule has 90 valence electrons. The maximum atomic E-state index is 11.7. The molecule has 1 heterocycles. The highest BCUT2D eigenvalue weighted by atomic mass is 16.3. The summed E-state index contributed by atoms with van der Waals surface area (Å²) in [5, 5.41) is 9.58. The smallest absolute Gasteiger partial charge is 0.222 e. The van der Waals surface area contributed by atoms with Crippen molar-refractivity contribution in [2.24, 2.45) is 0 Å². The number of hydrogen-bond acceptors (Lipinski definition) is 3. The first-order valence-electron chi connectivity index (χ1n) is 5.37. The van der Waals surface area contributed by atoms with E-state index in [-0.39, 0.29) is 5.91 Å². The van der Waals surface area contributed by atoms with Gasteiger partial charge in [0.05, 0.1) is 11.9 Å². The molecule has 0 spiro atoms. The van der Waals surface area contributed by atoms with Gasteiger partial charge >= 0.3 is 0 Å². The zero-order valence-corrected chi connectivity index (χ0v) is 10.1. The first kappa shape index (κ1) is 12.8. The van der Waals surface area contributed by atoms with Gasteiger partial charge in [0.25, 0.3) is 0 Å². The molecule has 0 aliphatic carbocycles. The highest BCUT2D eigenvalue weighted by molar-refractivity contribution is 5.76. The molecule has 0 aliphatic rings. The van der Waals surface area contributed by atoms with Gasteiger partial charge in [-0.1, -0.05) is 0 Å². The molecule has 1 aromatic rings. The molecule has 4 heteroatoms. The third kappa shape index (κ3) is 4.49. The Kier molecular flexibility index (Phi) is 4.12. The van der Waals surface area contributed by atoms with Gasteiger partial charge in [-0.3, -0.25) is 4.79 Å². The first-order chi connectivity index (χ1) is 7.38. The molecule has 4 nitrogen and oxygen atoms in total. The average Bonchev–Trinajstić information content (AvgIpc) is 2.63. The van der Waals surface area contributed by atoms with Crippen molar-refractivity contribution >= 4 is 5.91 Å². The normalized spacial score (nSPS) is 11.5. The second-order valence-electron chi connectivity index (χ2n) is 4.64. The zero-order valence-electron chi connectivity index (χ0n) is 10.1. The van der Waals surface area contributed by atoms with E-state index >= 15 is 0 Å². The van der Waals surface area contributed by atoms with Gasteiger partial charge in [-0.15, -0.1) is 0 Å². The molecule has 1 amide bonds. The minimum Gasteiger partial charge on any atom is -0.469 e. The summed E-state index contributed by atoms with van der Waals surface area (Å²) in [5.41, 5.74) is -0.852. The summed E-state index contributed by atoms with van der Waals surface area (Å²) in [7, 11) is 1.70. The predicted molar refractivity (Wildman–Crippen MR) is 61.0 cm³/mol. The number of furan rings is 1. The number of likely N-dealkylation sites (N-methyl/N-ethyl adjacent to an activating group) is 1. The molecule has 0 fully saturated rings. The van der Waals surface area contributed by atoms with Crippen molar-refractivity contribution in [3.8, 4) is 0 Å². The van der Waals surface area contributed by atoms with Gasteiger partial charge in [-0.2, -0.15) is 0 Å². The summed E-state index contributed by atoms with van der Waals surface area (Å²) in [4.78, 5) is 13.2. The Morgan fingerprint density at radius 2 is 2.25 bits per heavy atom. The van der Waals surface area contributed by atoms with Crippen LogP contribution in [0.2, 0.25) is 0 Å². The van der Waals surface area contributed by atoms with Gasteiger partial charge < -0.3 is 14.4 Å². The van der Waals surface area contributed by atoms with Crippen molar-refractivity contribution in [1.82, 2.24) is 4.90 Å². The van der Waals surface area contributed by atoms with Crippen LogP contribution in [0.15, 0.2) is 22.8 Å². The minimum atomic E-state index is -0.852. The first-order valence-corrected chi connectivity index (χ1v) is 5.37. The Morgan fingerprint density at radius 1 is 1.56 bits per heavy atom. The van der Waals surface area contributed by atoms with Crippen LogP contribution >= 0.6 is 0 Å². The van der Waals surface area contributed by atoms with Crippen LogP contribution in [0.3, 0.4) is 0 Å². The summed E-state index contributed by atoms with van der Waals surface area (Å²) in [6.45, 7) is 3.70. The van der Waals surface area contributed by atoms with Crippen LogP contribution in [0.5, 0.6) is 0 Å². The maximum absolute atomic E-state index is 11.7. The molecular formula is C12H19NO3. The molecule has 16 heavy (non-hydrogen) atoms. The number of carbonyl (C=O) groups is 1. The zero-order chi connectivity index (χ0) is 12.2. The lowest BCUT2D eigenvalue weighted by Crippen LogP contribution is -2.39. The largest absolute Gasteiger partial charge is 0.469 e. The Labute approximate surface area is 95.9 Å². The molecule has 1 N–H and O–H groups in total. The van der Waals surface area contributed by atoms with E-state index in [1.54, 1.807) is 38.1 Å². The SMILES string of the molecule is CN(CC(C)(C)O)C(=O)CCc1ccco1. The highest BCUT2D eigenvalue weighted by Gasteiger charge is 2.19. The van der Waals surface area contributed by atoms with E-state index in [2.05, 4.69) is 0 Å². The third-order valence-corrected chi connectivity index (χ3v) is 2.22. The van der Waals surface area contributed by atoms with Crippen LogP contribution in [0.1, 0.15) is 26.0 Å². The molecule has 0 unspecified atom stereocenters. The molecule has 1 aromatic heterocycles. The molecule has 1 rings (SSSR count). The number of carbonyl (C=O) groups excluding carboxylic acids is 1. The van der Waals surface area contributed by atoms with E-state index in [1.165, 1.54) is 0 Å². The quantitative estimate of drug-likeness (QED) is 0.825. The van der Waals surface area contributed by atoms with E-state index < -0.39 is 5.60 Å². The standard InChI is InChI=1S/C12H19NO3/c1-12(2,15)9-13(3)11(14)7-6-10-5-4-8-16-10/h4-5,8,15H,6-7,9H2,1-3H3. The fourth-order valence-corrected chi connectivity index (χ4v) is 1.54. The van der Waals surface area contributed by atoms with Crippen molar-refractivity contribution in [2.75, 3.05) is 13.6 Å². The topological polar surface area (TPSA) is 53.7 Å². The van der Waals surface area contributed by atoms with Crippen molar-refractivity contribution in [1.29, 1.82) is 0 Å². The molecular weight excluding hydrogens is 206 g/mol. The summed E-state index contributed by atoms with van der Waals surface area (Å²) in [6, 6.07) is 3.66. The van der Waals surface area contributed by atoms with E-state index in [9.17, 15) is 9.90 Å². The highest BCUT2D eigenvalue weighted by Crippen LogP contribution is 2.08. The summed E-state index contributed by atoms with van der Waals surface area (Å²) >= 11 is 0. The number of amides is 1. The van der Waals surface area contributed by atoms with Crippen LogP contribution in [0.4, 0.5) is 0 Å². The Morgan fingerprint density at radius 3 is 2.75 bits per heavy atom. The molecule has 0 saturated carbocycles. The van der Waals surface area contributed by atoms with E-state index in [0.717, 1.165) is 5.76 Å². The van der Waals surface area contributed by atoms with Gasteiger partial charge in [0, 0.05) is 26.4 Å². The fraction of sp³-hybridized carbons (Fsp3) is 0.583. The van der Waals surface area contributed by atoms with Crippen LogP contribution in [-0.4, -0.2) is 35.1 Å². The maximum Gasteiger partial charge on any atom is 0.222 e. The number of rotatable bonds is 5. The predicted octanol–water partition coefficient (Wildman–Crippen LogP) is 1.44. The molecule has 0 aromatic carbocycles. The Hall–Kier alpha value is -1.29. The van der Waals surface area contributed by atoms with Crippen LogP contribution < -0.4 is 0 Å². The van der Waals surface area contributed by atoms with Crippen LogP contribution in [-0.2, 0) is 11.2 Å². The van der Waals surface area contributed by atoms with E-state index in [4.69, 9.17) is 4.42 Å². The van der Waals surface area contributed by atoms with Gasteiger partial charge in [-0.25, -0.2) is 0 Å². The van der Waals surface area contributed by atoms with Crippen LogP contribution in [0, 0.1) is 0 Å². The lowest BCUT2D eigenvalue weighted by molar-refractivity contribution is -0.132. The van der Waals surface area contributed by atoms with Crippen molar-refractivity contribution in [3.63, 3.8) is 0 Å². The average molecular weight is 225 g/mol. The minimum absolute atomic E-state index is 0.0125. The monoisotopic (exact) mass is 225 g/mol. The second-order valence-corrected chi connectivity index (χ2v) is 4.64. The lowest BCUT2D eigenvalue weighted by atomic mass is 10.1. The van der Waals surface area contributed by atoms with Gasteiger partial charge in [-0.05, 0) is 26.0 Å². The number of aryl methyl sites for hydroxylation is 1. The summed E-state index contributed by atoms with van der Waals surface area (Å²) < 4.78 is 5.14. The van der Waals surface area contributed by atoms with Crippen molar-refractivity contribution in [2.45, 2.75) is 32.3 Å². The van der Waals surface area contributed by atoms with Crippen LogP contribution in [0.25, 0.3) is 0 Å². The van der Waals surface area contributed by atoms with Gasteiger partial charge in [0.1, 0.15) is 5.76 Å². The number of nitrogens with zero attached hydrogens (tertiary/aromatic N) is 1. The number of aliphatic hydroxyl groups is 1. The molecule has 0 atom stereocenters. The Balaban J connectivity index is 2.35. The molecule has 0 aliphatic heterocycles. The second kappa shape index (κ2) is 5.16. The van der Waals surface area contributed by atoms with Gasteiger partial charge in [0.15, 0.2) is 0 Å². The fourth-order valence-electron chi connectivity index (χ4n) is 1.54. The van der Waals surface area contributed by atoms with Crippen molar-refractivity contribution in [3.05, 3.63) is 24.2 Å². The number of hydrogen-bond donors (Lipinski definition) is 1. The summed E-state index contributed by atoms with van der Waals surface area (Å²) in [5.74, 6) is 0.823. The third-order valence-electron chi connectivity index (χ3n) is 2.22. The Bertz CT molecular complexity index is 325. The lowest BCUT2D eigenvalue weighted by Gasteiger charge is -2.25. The molecule has 0 radical (unpaired) electrons.